The Kier molecular flexibility index (Phi) is 5.96. The van der Waals surface area contributed by atoms with Crippen LogP contribution in [-0.4, -0.2) is 32.7 Å². The maximum absolute atomic E-state index is 12.8. The van der Waals surface area contributed by atoms with Gasteiger partial charge in [0.25, 0.3) is 0 Å². The van der Waals surface area contributed by atoms with Crippen molar-refractivity contribution in [3.05, 3.63) is 54.1 Å². The summed E-state index contributed by atoms with van der Waals surface area (Å²) in [5.41, 5.74) is 2.42. The Bertz CT molecular complexity index is 656. The van der Waals surface area contributed by atoms with E-state index in [4.69, 9.17) is 0 Å². The van der Waals surface area contributed by atoms with Crippen LogP contribution in [0.3, 0.4) is 0 Å². The molecule has 2 aromatic rings. The first kappa shape index (κ1) is 17.1. The van der Waals surface area contributed by atoms with Gasteiger partial charge in [-0.2, -0.15) is 0 Å². The van der Waals surface area contributed by atoms with E-state index in [0.717, 1.165) is 25.1 Å². The molecule has 1 amide bonds. The first-order valence-electron chi connectivity index (χ1n) is 8.63. The van der Waals surface area contributed by atoms with E-state index in [-0.39, 0.29) is 11.9 Å². The molecule has 0 spiro atoms. The average molecular weight is 343 g/mol. The molecule has 1 saturated heterocycles. The highest BCUT2D eigenvalue weighted by molar-refractivity contribution is 7.99. The highest BCUT2D eigenvalue weighted by Crippen LogP contribution is 2.30. The molecule has 0 bridgehead atoms. The molecule has 0 aromatic carbocycles. The fourth-order valence-electron chi connectivity index (χ4n) is 3.36. The van der Waals surface area contributed by atoms with Crippen LogP contribution in [0.2, 0.25) is 0 Å². The number of nitrogens with zero attached hydrogens (tertiary/aromatic N) is 3. The van der Waals surface area contributed by atoms with Crippen LogP contribution in [0.15, 0.2) is 42.9 Å². The zero-order valence-corrected chi connectivity index (χ0v) is 15.0. The minimum atomic E-state index is 0.221. The Morgan fingerprint density at radius 3 is 2.96 bits per heavy atom. The Balaban J connectivity index is 1.63. The first-order chi connectivity index (χ1) is 11.8. The lowest BCUT2D eigenvalue weighted by atomic mass is 10.1. The van der Waals surface area contributed by atoms with Gasteiger partial charge < -0.3 is 9.47 Å². The highest BCUT2D eigenvalue weighted by atomic mass is 32.2. The summed E-state index contributed by atoms with van der Waals surface area (Å²) in [6, 6.07) is 8.44. The van der Waals surface area contributed by atoms with Gasteiger partial charge in [0.1, 0.15) is 0 Å². The van der Waals surface area contributed by atoms with Gasteiger partial charge in [-0.1, -0.05) is 18.9 Å². The number of likely N-dealkylation sites (tertiary alicyclic amines) is 1. The lowest BCUT2D eigenvalue weighted by molar-refractivity contribution is -0.130. The largest absolute Gasteiger partial charge is 0.353 e. The number of amides is 1. The normalized spacial score (nSPS) is 18.4. The number of aromatic nitrogens is 2. The summed E-state index contributed by atoms with van der Waals surface area (Å²) < 4.78 is 2.15. The predicted octanol–water partition coefficient (Wildman–Crippen LogP) is 3.80. The molecule has 3 heterocycles. The van der Waals surface area contributed by atoms with E-state index in [2.05, 4.69) is 45.9 Å². The van der Waals surface area contributed by atoms with Crippen molar-refractivity contribution in [2.75, 3.05) is 12.3 Å². The Labute approximate surface area is 148 Å². The highest BCUT2D eigenvalue weighted by Gasteiger charge is 2.27. The number of rotatable bonds is 5. The van der Waals surface area contributed by atoms with Crippen LogP contribution in [0.25, 0.3) is 0 Å². The van der Waals surface area contributed by atoms with E-state index in [1.807, 2.05) is 12.3 Å². The molecule has 128 valence electrons. The molecule has 1 fully saturated rings. The average Bonchev–Trinajstić information content (AvgIpc) is 2.88. The van der Waals surface area contributed by atoms with Crippen LogP contribution in [-0.2, 0) is 17.6 Å². The van der Waals surface area contributed by atoms with E-state index in [1.165, 1.54) is 24.1 Å². The number of aryl methyl sites for hydroxylation is 1. The van der Waals surface area contributed by atoms with Gasteiger partial charge in [0.05, 0.1) is 11.8 Å². The molecule has 0 radical (unpaired) electrons. The van der Waals surface area contributed by atoms with Crippen LogP contribution in [0.5, 0.6) is 0 Å². The summed E-state index contributed by atoms with van der Waals surface area (Å²) in [7, 11) is 2.07. The van der Waals surface area contributed by atoms with E-state index in [0.29, 0.717) is 5.75 Å². The maximum Gasteiger partial charge on any atom is 0.233 e. The van der Waals surface area contributed by atoms with Gasteiger partial charge in [-0.05, 0) is 36.6 Å². The third-order valence-corrected chi connectivity index (χ3v) is 5.60. The number of hydrogen-bond acceptors (Lipinski definition) is 3. The second-order valence-electron chi connectivity index (χ2n) is 6.35. The molecule has 1 aliphatic heterocycles. The number of hydrogen-bond donors (Lipinski definition) is 0. The van der Waals surface area contributed by atoms with Gasteiger partial charge in [-0.25, -0.2) is 0 Å². The minimum absolute atomic E-state index is 0.221. The van der Waals surface area contributed by atoms with E-state index >= 15 is 0 Å². The summed E-state index contributed by atoms with van der Waals surface area (Å²) >= 11 is 1.68. The fourth-order valence-corrected chi connectivity index (χ4v) is 4.21. The van der Waals surface area contributed by atoms with Crippen molar-refractivity contribution in [3.63, 3.8) is 0 Å². The minimum Gasteiger partial charge on any atom is -0.353 e. The van der Waals surface area contributed by atoms with Gasteiger partial charge in [-0.15, -0.1) is 11.8 Å². The standard InChI is InChI=1S/C19H25N3OS/c1-21-11-6-9-17(21)18-8-3-2-4-12-22(18)19(23)15-24-14-16-7-5-10-20-13-16/h5-7,9-11,13,18H,2-4,8,12,14-15H2,1H3. The summed E-state index contributed by atoms with van der Waals surface area (Å²) in [6.45, 7) is 0.877. The molecule has 0 saturated carbocycles. The summed E-state index contributed by atoms with van der Waals surface area (Å²) in [6.07, 6.45) is 10.3. The molecule has 0 aliphatic carbocycles. The van der Waals surface area contributed by atoms with Gasteiger partial charge in [0, 0.05) is 43.6 Å². The zero-order chi connectivity index (χ0) is 16.8. The Hall–Kier alpha value is -1.75. The van der Waals surface area contributed by atoms with Gasteiger partial charge >= 0.3 is 0 Å². The third-order valence-electron chi connectivity index (χ3n) is 4.62. The fraction of sp³-hybridized carbons (Fsp3) is 0.474. The number of carbonyl (C=O) groups excluding carboxylic acids is 1. The zero-order valence-electron chi connectivity index (χ0n) is 14.2. The third kappa shape index (κ3) is 4.20. The predicted molar refractivity (Wildman–Crippen MR) is 98.7 cm³/mol. The second kappa shape index (κ2) is 8.38. The summed E-state index contributed by atoms with van der Waals surface area (Å²) in [4.78, 5) is 19.1. The number of carbonyl (C=O) groups is 1. The van der Waals surface area contributed by atoms with Crippen molar-refractivity contribution < 1.29 is 4.79 Å². The van der Waals surface area contributed by atoms with Crippen LogP contribution in [0.1, 0.15) is 43.0 Å². The second-order valence-corrected chi connectivity index (χ2v) is 7.34. The molecule has 5 heteroatoms. The maximum atomic E-state index is 12.8. The first-order valence-corrected chi connectivity index (χ1v) is 9.78. The van der Waals surface area contributed by atoms with Crippen LogP contribution in [0, 0.1) is 0 Å². The van der Waals surface area contributed by atoms with Gasteiger partial charge in [-0.3, -0.25) is 9.78 Å². The Morgan fingerprint density at radius 2 is 2.21 bits per heavy atom. The van der Waals surface area contributed by atoms with Gasteiger partial charge in [0.2, 0.25) is 5.91 Å². The lowest BCUT2D eigenvalue weighted by Gasteiger charge is -2.30. The van der Waals surface area contributed by atoms with E-state index < -0.39 is 0 Å². The van der Waals surface area contributed by atoms with Crippen molar-refractivity contribution in [2.45, 2.75) is 37.5 Å². The summed E-state index contributed by atoms with van der Waals surface area (Å²) in [5.74, 6) is 1.63. The number of thioether (sulfide) groups is 1. The van der Waals surface area contributed by atoms with Crippen molar-refractivity contribution in [1.82, 2.24) is 14.5 Å². The van der Waals surface area contributed by atoms with Crippen molar-refractivity contribution in [1.29, 1.82) is 0 Å². The topological polar surface area (TPSA) is 38.1 Å². The molecular weight excluding hydrogens is 318 g/mol. The SMILES string of the molecule is Cn1cccc1C1CCCCCN1C(=O)CSCc1cccnc1. The van der Waals surface area contributed by atoms with E-state index in [1.54, 1.807) is 18.0 Å². The van der Waals surface area contributed by atoms with Crippen molar-refractivity contribution >= 4 is 17.7 Å². The quantitative estimate of drug-likeness (QED) is 0.829. The van der Waals surface area contributed by atoms with Gasteiger partial charge in [0.15, 0.2) is 0 Å². The molecular formula is C19H25N3OS. The molecule has 1 unspecified atom stereocenters. The molecule has 1 atom stereocenters. The Morgan fingerprint density at radius 1 is 1.29 bits per heavy atom. The van der Waals surface area contributed by atoms with Crippen LogP contribution in [0.4, 0.5) is 0 Å². The molecule has 4 nitrogen and oxygen atoms in total. The van der Waals surface area contributed by atoms with Crippen LogP contribution >= 0.6 is 11.8 Å². The molecule has 1 aliphatic rings. The molecule has 2 aromatic heterocycles. The number of pyridine rings is 1. The van der Waals surface area contributed by atoms with E-state index in [9.17, 15) is 4.79 Å². The summed E-state index contributed by atoms with van der Waals surface area (Å²) in [5, 5.41) is 0. The van der Waals surface area contributed by atoms with Crippen molar-refractivity contribution in [3.8, 4) is 0 Å². The van der Waals surface area contributed by atoms with Crippen LogP contribution < -0.4 is 0 Å². The molecule has 3 rings (SSSR count). The molecule has 0 N–H and O–H groups in total. The monoisotopic (exact) mass is 343 g/mol. The smallest absolute Gasteiger partial charge is 0.233 e. The van der Waals surface area contributed by atoms with Crippen molar-refractivity contribution in [2.24, 2.45) is 7.05 Å². The lowest BCUT2D eigenvalue weighted by Crippen LogP contribution is -2.36. The molecule has 24 heavy (non-hydrogen) atoms.